The first-order valence-electron chi connectivity index (χ1n) is 9.36. The zero-order chi connectivity index (χ0) is 19.5. The number of rotatable bonds is 3. The van der Waals surface area contributed by atoms with Crippen molar-refractivity contribution < 1.29 is 13.5 Å². The molecule has 2 atom stereocenters. The minimum Gasteiger partial charge on any atom is -0.464 e. The summed E-state index contributed by atoms with van der Waals surface area (Å²) in [5.41, 5.74) is 0.887. The normalized spacial score (nSPS) is 24.2. The molecule has 0 spiro atoms. The van der Waals surface area contributed by atoms with Crippen molar-refractivity contribution in [3.63, 3.8) is 0 Å². The molecular formula is C22H19F2N3O. The third-order valence-corrected chi connectivity index (χ3v) is 6.41. The van der Waals surface area contributed by atoms with Gasteiger partial charge in [0.15, 0.2) is 5.60 Å². The molecule has 2 aliphatic rings. The summed E-state index contributed by atoms with van der Waals surface area (Å²) in [4.78, 5) is 4.31. The molecule has 0 saturated heterocycles. The molecule has 5 rings (SSSR count). The molecule has 2 heterocycles. The second-order valence-electron chi connectivity index (χ2n) is 8.04. The Balaban J connectivity index is 1.65. The van der Waals surface area contributed by atoms with Crippen LogP contribution in [0.2, 0.25) is 0 Å². The molecule has 6 heteroatoms. The molecule has 2 aliphatic carbocycles. The summed E-state index contributed by atoms with van der Waals surface area (Å²) in [6.45, 7) is 4.30. The van der Waals surface area contributed by atoms with Crippen molar-refractivity contribution in [1.29, 1.82) is 0 Å². The minimum atomic E-state index is -0.652. The molecule has 1 saturated carbocycles. The van der Waals surface area contributed by atoms with Crippen molar-refractivity contribution in [2.75, 3.05) is 0 Å². The lowest BCUT2D eigenvalue weighted by Gasteiger charge is -2.37. The van der Waals surface area contributed by atoms with Gasteiger partial charge >= 0.3 is 0 Å². The standard InChI is InChI=1S/C22H19F2N3O/c1-21(2)14-9-10-22(21,28-18-8-3-4-11-25-18)20-13(14)12-17(26-27-20)19-15(23)6-5-7-16(19)24/h3-8,11-12,14H,9-10H2,1-2H3/t14-,22-/m0/s1. The van der Waals surface area contributed by atoms with Gasteiger partial charge in [0.05, 0.1) is 11.3 Å². The van der Waals surface area contributed by atoms with Gasteiger partial charge in [-0.1, -0.05) is 26.0 Å². The van der Waals surface area contributed by atoms with E-state index in [2.05, 4.69) is 29.0 Å². The summed E-state index contributed by atoms with van der Waals surface area (Å²) in [7, 11) is 0. The maximum absolute atomic E-state index is 14.3. The summed E-state index contributed by atoms with van der Waals surface area (Å²) in [5.74, 6) is -0.572. The van der Waals surface area contributed by atoms with E-state index >= 15 is 0 Å². The predicted octanol–water partition coefficient (Wildman–Crippen LogP) is 5.01. The first-order valence-corrected chi connectivity index (χ1v) is 9.36. The molecule has 4 nitrogen and oxygen atoms in total. The Morgan fingerprint density at radius 1 is 1.04 bits per heavy atom. The van der Waals surface area contributed by atoms with Gasteiger partial charge in [0.1, 0.15) is 17.3 Å². The average Bonchev–Trinajstić information content (AvgIpc) is 3.02. The number of halogens is 2. The lowest BCUT2D eigenvalue weighted by molar-refractivity contribution is -0.0227. The quantitative estimate of drug-likeness (QED) is 0.642. The van der Waals surface area contributed by atoms with E-state index in [0.717, 1.165) is 24.1 Å². The topological polar surface area (TPSA) is 47.9 Å². The van der Waals surface area contributed by atoms with Crippen LogP contribution in [0.4, 0.5) is 8.78 Å². The molecule has 142 valence electrons. The van der Waals surface area contributed by atoms with Crippen LogP contribution in [-0.2, 0) is 5.60 Å². The Kier molecular flexibility index (Phi) is 3.57. The lowest BCUT2D eigenvalue weighted by Crippen LogP contribution is -2.41. The number of hydrogen-bond donors (Lipinski definition) is 0. The molecule has 1 fully saturated rings. The number of hydrogen-bond acceptors (Lipinski definition) is 4. The molecule has 0 N–H and O–H groups in total. The van der Waals surface area contributed by atoms with Crippen molar-refractivity contribution in [2.24, 2.45) is 5.41 Å². The number of ether oxygens (including phenoxy) is 1. The van der Waals surface area contributed by atoms with Gasteiger partial charge in [0.25, 0.3) is 0 Å². The maximum Gasteiger partial charge on any atom is 0.214 e. The van der Waals surface area contributed by atoms with Crippen LogP contribution in [0.25, 0.3) is 11.3 Å². The van der Waals surface area contributed by atoms with E-state index < -0.39 is 17.2 Å². The predicted molar refractivity (Wildman–Crippen MR) is 99.7 cm³/mol. The zero-order valence-corrected chi connectivity index (χ0v) is 15.6. The second kappa shape index (κ2) is 5.80. The Morgan fingerprint density at radius 2 is 1.82 bits per heavy atom. The van der Waals surface area contributed by atoms with Crippen molar-refractivity contribution in [1.82, 2.24) is 15.2 Å². The summed E-state index contributed by atoms with van der Waals surface area (Å²) >= 11 is 0. The number of pyridine rings is 1. The highest BCUT2D eigenvalue weighted by atomic mass is 19.1. The van der Waals surface area contributed by atoms with Crippen LogP contribution in [0.15, 0.2) is 48.7 Å². The SMILES string of the molecule is CC1(C)[C@H]2CC[C@]1(Oc1ccccn1)c1nnc(-c3c(F)cccc3F)cc12. The number of benzene rings is 1. The summed E-state index contributed by atoms with van der Waals surface area (Å²) in [6, 6.07) is 11.1. The van der Waals surface area contributed by atoms with Gasteiger partial charge in [-0.2, -0.15) is 5.10 Å². The summed E-state index contributed by atoms with van der Waals surface area (Å²) in [5, 5.41) is 8.61. The fraction of sp³-hybridized carbons (Fsp3) is 0.318. The van der Waals surface area contributed by atoms with Gasteiger partial charge in [0, 0.05) is 17.7 Å². The highest BCUT2D eigenvalue weighted by Gasteiger charge is 2.66. The van der Waals surface area contributed by atoms with Crippen LogP contribution < -0.4 is 4.74 Å². The van der Waals surface area contributed by atoms with Crippen LogP contribution in [0.5, 0.6) is 5.88 Å². The Hall–Kier alpha value is -2.89. The Bertz CT molecular complexity index is 1050. The van der Waals surface area contributed by atoms with Crippen molar-refractivity contribution >= 4 is 0 Å². The molecule has 28 heavy (non-hydrogen) atoms. The number of fused-ring (bicyclic) bond motifs is 5. The molecule has 2 aromatic heterocycles. The van der Waals surface area contributed by atoms with Gasteiger partial charge in [-0.25, -0.2) is 13.8 Å². The van der Waals surface area contributed by atoms with Crippen LogP contribution in [0.3, 0.4) is 0 Å². The average molecular weight is 379 g/mol. The van der Waals surface area contributed by atoms with E-state index in [0.29, 0.717) is 5.88 Å². The lowest BCUT2D eigenvalue weighted by atomic mass is 9.77. The molecule has 0 amide bonds. The highest BCUT2D eigenvalue weighted by molar-refractivity contribution is 5.63. The third kappa shape index (κ3) is 2.17. The maximum atomic E-state index is 14.3. The van der Waals surface area contributed by atoms with E-state index in [4.69, 9.17) is 4.74 Å². The third-order valence-electron chi connectivity index (χ3n) is 6.41. The summed E-state index contributed by atoms with van der Waals surface area (Å²) in [6.07, 6.45) is 3.41. The van der Waals surface area contributed by atoms with Gasteiger partial charge in [-0.3, -0.25) is 0 Å². The fourth-order valence-corrected chi connectivity index (χ4v) is 4.95. The van der Waals surface area contributed by atoms with E-state index in [9.17, 15) is 8.78 Å². The monoisotopic (exact) mass is 379 g/mol. The van der Waals surface area contributed by atoms with Crippen LogP contribution >= 0.6 is 0 Å². The number of aromatic nitrogens is 3. The first kappa shape index (κ1) is 17.2. The number of nitrogens with zero attached hydrogens (tertiary/aromatic N) is 3. The van der Waals surface area contributed by atoms with E-state index in [-0.39, 0.29) is 22.6 Å². The van der Waals surface area contributed by atoms with Crippen LogP contribution in [-0.4, -0.2) is 15.2 Å². The van der Waals surface area contributed by atoms with Gasteiger partial charge in [-0.05, 0) is 48.6 Å². The minimum absolute atomic E-state index is 0.141. The van der Waals surface area contributed by atoms with Crippen molar-refractivity contribution in [2.45, 2.75) is 38.2 Å². The molecule has 0 aliphatic heterocycles. The smallest absolute Gasteiger partial charge is 0.214 e. The first-order chi connectivity index (χ1) is 13.4. The van der Waals surface area contributed by atoms with Crippen molar-refractivity contribution in [3.05, 3.63) is 71.6 Å². The molecule has 2 bridgehead atoms. The zero-order valence-electron chi connectivity index (χ0n) is 15.6. The molecule has 0 unspecified atom stereocenters. The second-order valence-corrected chi connectivity index (χ2v) is 8.04. The molecule has 0 radical (unpaired) electrons. The van der Waals surface area contributed by atoms with Crippen molar-refractivity contribution in [3.8, 4) is 17.1 Å². The van der Waals surface area contributed by atoms with Crippen LogP contribution in [0.1, 0.15) is 43.9 Å². The van der Waals surface area contributed by atoms with E-state index in [1.165, 1.54) is 18.2 Å². The van der Waals surface area contributed by atoms with Gasteiger partial charge < -0.3 is 4.74 Å². The van der Waals surface area contributed by atoms with Crippen LogP contribution in [0, 0.1) is 17.0 Å². The molecular weight excluding hydrogens is 360 g/mol. The molecule has 3 aromatic rings. The van der Waals surface area contributed by atoms with Gasteiger partial charge in [0.2, 0.25) is 5.88 Å². The molecule has 1 aromatic carbocycles. The van der Waals surface area contributed by atoms with Gasteiger partial charge in [-0.15, -0.1) is 5.10 Å². The van der Waals surface area contributed by atoms with E-state index in [1.807, 2.05) is 18.2 Å². The Labute approximate surface area is 161 Å². The fourth-order valence-electron chi connectivity index (χ4n) is 4.95. The summed E-state index contributed by atoms with van der Waals surface area (Å²) < 4.78 is 34.9. The van der Waals surface area contributed by atoms with E-state index in [1.54, 1.807) is 12.3 Å². The Morgan fingerprint density at radius 3 is 2.54 bits per heavy atom. The highest BCUT2D eigenvalue weighted by Crippen LogP contribution is 2.67. The largest absolute Gasteiger partial charge is 0.464 e.